The van der Waals surface area contributed by atoms with Crippen molar-refractivity contribution in [2.75, 3.05) is 48.8 Å². The van der Waals surface area contributed by atoms with Gasteiger partial charge in [-0.2, -0.15) is 4.98 Å². The Morgan fingerprint density at radius 1 is 1.07 bits per heavy atom. The van der Waals surface area contributed by atoms with Gasteiger partial charge in [-0.05, 0) is 43.0 Å². The Bertz CT molecular complexity index is 1390. The van der Waals surface area contributed by atoms with E-state index >= 15 is 0 Å². The predicted molar refractivity (Wildman–Crippen MR) is 160 cm³/mol. The highest BCUT2D eigenvalue weighted by atomic mass is 35.5. The topological polar surface area (TPSA) is 109 Å². The molecule has 1 saturated heterocycles. The van der Waals surface area contributed by atoms with Gasteiger partial charge in [-0.3, -0.25) is 9.59 Å². The summed E-state index contributed by atoms with van der Waals surface area (Å²) in [7, 11) is 1.61. The molecule has 1 saturated carbocycles. The van der Waals surface area contributed by atoms with Crippen LogP contribution in [0.15, 0.2) is 48.7 Å². The monoisotopic (exact) mass is 578 g/mol. The average Bonchev–Trinajstić information content (AvgIpc) is 3.48. The minimum atomic E-state index is 0.0129. The van der Waals surface area contributed by atoms with Crippen molar-refractivity contribution < 1.29 is 19.1 Å². The fraction of sp³-hybridized carbons (Fsp3) is 0.400. The molecule has 2 heterocycles. The molecule has 2 N–H and O–H groups in total. The lowest BCUT2D eigenvalue weighted by Crippen LogP contribution is -2.48. The minimum Gasteiger partial charge on any atom is -0.494 e. The molecule has 3 aromatic rings. The molecule has 2 aliphatic rings. The summed E-state index contributed by atoms with van der Waals surface area (Å²) in [6, 6.07) is 13.0. The van der Waals surface area contributed by atoms with Gasteiger partial charge in [0.05, 0.1) is 19.0 Å². The maximum atomic E-state index is 12.5. The summed E-state index contributed by atoms with van der Waals surface area (Å²) >= 11 is 6.36. The quantitative estimate of drug-likeness (QED) is 0.325. The summed E-state index contributed by atoms with van der Waals surface area (Å²) in [5.74, 6) is 2.16. The molecule has 2 fully saturated rings. The second-order valence-electron chi connectivity index (χ2n) is 10.4. The Morgan fingerprint density at radius 3 is 2.59 bits per heavy atom. The molecular weight excluding hydrogens is 544 g/mol. The van der Waals surface area contributed by atoms with E-state index < -0.39 is 0 Å². The molecule has 216 valence electrons. The lowest BCUT2D eigenvalue weighted by Gasteiger charge is -2.35. The molecule has 2 aromatic carbocycles. The van der Waals surface area contributed by atoms with Crippen LogP contribution in [-0.2, 0) is 9.59 Å². The van der Waals surface area contributed by atoms with Crippen LogP contribution in [0, 0.1) is 5.92 Å². The van der Waals surface area contributed by atoms with Gasteiger partial charge < -0.3 is 29.9 Å². The molecule has 2 amide bonds. The van der Waals surface area contributed by atoms with Crippen LogP contribution in [0.1, 0.15) is 39.0 Å². The Morgan fingerprint density at radius 2 is 1.85 bits per heavy atom. The fourth-order valence-electron chi connectivity index (χ4n) is 5.30. The van der Waals surface area contributed by atoms with Crippen LogP contribution in [0.4, 0.5) is 23.0 Å². The lowest BCUT2D eigenvalue weighted by molar-refractivity contribution is -0.129. The van der Waals surface area contributed by atoms with Gasteiger partial charge in [0.2, 0.25) is 23.6 Å². The van der Waals surface area contributed by atoms with Gasteiger partial charge in [0.1, 0.15) is 16.5 Å². The number of halogens is 1. The summed E-state index contributed by atoms with van der Waals surface area (Å²) in [6.07, 6.45) is 6.66. The van der Waals surface area contributed by atoms with Gasteiger partial charge in [0.25, 0.3) is 0 Å². The SMILES string of the molecule is COc1cc(N2CCN(C(C)=O)CC2)ccc1Nc1ncc(Cl)c(Oc2cccc(NC(=O)CC3CCCC3)c2)n1. The third-order valence-electron chi connectivity index (χ3n) is 7.51. The van der Waals surface area contributed by atoms with E-state index in [-0.39, 0.29) is 28.7 Å². The van der Waals surface area contributed by atoms with Crippen molar-refractivity contribution in [1.29, 1.82) is 0 Å². The van der Waals surface area contributed by atoms with Crippen LogP contribution in [0.25, 0.3) is 0 Å². The summed E-state index contributed by atoms with van der Waals surface area (Å²) in [6.45, 7) is 4.48. The fourth-order valence-corrected chi connectivity index (χ4v) is 5.43. The number of carbonyl (C=O) groups excluding carboxylic acids is 2. The Labute approximate surface area is 245 Å². The number of aromatic nitrogens is 2. The summed E-state index contributed by atoms with van der Waals surface area (Å²) in [5, 5.41) is 6.40. The van der Waals surface area contributed by atoms with E-state index in [2.05, 4.69) is 25.5 Å². The third kappa shape index (κ3) is 7.38. The highest BCUT2D eigenvalue weighted by Crippen LogP contribution is 2.34. The number of hydrogen-bond donors (Lipinski definition) is 2. The number of amides is 2. The first-order valence-corrected chi connectivity index (χ1v) is 14.3. The smallest absolute Gasteiger partial charge is 0.243 e. The number of ether oxygens (including phenoxy) is 2. The van der Waals surface area contributed by atoms with E-state index in [9.17, 15) is 9.59 Å². The molecule has 10 nitrogen and oxygen atoms in total. The normalized spacial score (nSPS) is 15.5. The molecular formula is C30H35ClN6O4. The van der Waals surface area contributed by atoms with Crippen molar-refractivity contribution in [2.45, 2.75) is 39.0 Å². The molecule has 1 aliphatic heterocycles. The Hall–Kier alpha value is -4.05. The largest absolute Gasteiger partial charge is 0.494 e. The van der Waals surface area contributed by atoms with Crippen LogP contribution in [0.5, 0.6) is 17.4 Å². The number of carbonyl (C=O) groups is 2. The van der Waals surface area contributed by atoms with Crippen molar-refractivity contribution in [2.24, 2.45) is 5.92 Å². The Balaban J connectivity index is 1.24. The van der Waals surface area contributed by atoms with Gasteiger partial charge in [0, 0.05) is 63.0 Å². The molecule has 1 aliphatic carbocycles. The Kier molecular flexibility index (Phi) is 9.08. The second kappa shape index (κ2) is 13.1. The standard InChI is InChI=1S/C30H35ClN6O4/c1-20(38)36-12-14-37(15-13-36)23-10-11-26(27(18-23)40-2)34-30-32-19-25(31)29(35-30)41-24-9-5-8-22(17-24)33-28(39)16-21-6-3-4-7-21/h5,8-11,17-19,21H,3-4,6-7,12-16H2,1-2H3,(H,33,39)(H,32,34,35). The van der Waals surface area contributed by atoms with Gasteiger partial charge in [-0.15, -0.1) is 0 Å². The first-order chi connectivity index (χ1) is 19.9. The predicted octanol–water partition coefficient (Wildman–Crippen LogP) is 5.86. The molecule has 0 atom stereocenters. The van der Waals surface area contributed by atoms with E-state index in [0.29, 0.717) is 48.3 Å². The van der Waals surface area contributed by atoms with E-state index in [0.717, 1.165) is 31.6 Å². The number of rotatable bonds is 9. The zero-order valence-corrected chi connectivity index (χ0v) is 24.1. The number of hydrogen-bond acceptors (Lipinski definition) is 8. The van der Waals surface area contributed by atoms with Gasteiger partial charge in [0.15, 0.2) is 0 Å². The summed E-state index contributed by atoms with van der Waals surface area (Å²) < 4.78 is 11.6. The molecule has 1 aromatic heterocycles. The van der Waals surface area contributed by atoms with Crippen molar-refractivity contribution >= 4 is 46.4 Å². The summed E-state index contributed by atoms with van der Waals surface area (Å²) in [4.78, 5) is 37.0. The van der Waals surface area contributed by atoms with E-state index in [4.69, 9.17) is 21.1 Å². The molecule has 0 bridgehead atoms. The first-order valence-electron chi connectivity index (χ1n) is 13.9. The highest BCUT2D eigenvalue weighted by molar-refractivity contribution is 6.31. The minimum absolute atomic E-state index is 0.0129. The first kappa shape index (κ1) is 28.5. The van der Waals surface area contributed by atoms with Crippen molar-refractivity contribution in [3.8, 4) is 17.4 Å². The van der Waals surface area contributed by atoms with Crippen LogP contribution >= 0.6 is 11.6 Å². The van der Waals surface area contributed by atoms with E-state index in [1.807, 2.05) is 29.2 Å². The maximum absolute atomic E-state index is 12.5. The molecule has 11 heteroatoms. The van der Waals surface area contributed by atoms with Crippen molar-refractivity contribution in [3.63, 3.8) is 0 Å². The maximum Gasteiger partial charge on any atom is 0.243 e. The van der Waals surface area contributed by atoms with Crippen molar-refractivity contribution in [3.05, 3.63) is 53.7 Å². The summed E-state index contributed by atoms with van der Waals surface area (Å²) in [5.41, 5.74) is 2.34. The van der Waals surface area contributed by atoms with E-state index in [1.165, 1.54) is 19.0 Å². The zero-order chi connectivity index (χ0) is 28.8. The number of anilines is 4. The molecule has 5 rings (SSSR count). The van der Waals surface area contributed by atoms with Crippen LogP contribution < -0.4 is 25.0 Å². The lowest BCUT2D eigenvalue weighted by atomic mass is 10.0. The van der Waals surface area contributed by atoms with Crippen LogP contribution in [0.2, 0.25) is 5.02 Å². The van der Waals surface area contributed by atoms with Gasteiger partial charge >= 0.3 is 0 Å². The van der Waals surface area contributed by atoms with E-state index in [1.54, 1.807) is 32.2 Å². The molecule has 0 unspecified atom stereocenters. The molecule has 41 heavy (non-hydrogen) atoms. The number of nitrogens with one attached hydrogen (secondary N) is 2. The zero-order valence-electron chi connectivity index (χ0n) is 23.4. The van der Waals surface area contributed by atoms with Crippen molar-refractivity contribution in [1.82, 2.24) is 14.9 Å². The van der Waals surface area contributed by atoms with Gasteiger partial charge in [-0.1, -0.05) is 30.5 Å². The third-order valence-corrected chi connectivity index (χ3v) is 7.77. The average molecular weight is 579 g/mol. The molecule has 0 spiro atoms. The number of methoxy groups -OCH3 is 1. The number of nitrogens with zero attached hydrogens (tertiary/aromatic N) is 4. The number of benzene rings is 2. The highest BCUT2D eigenvalue weighted by Gasteiger charge is 2.21. The van der Waals surface area contributed by atoms with Crippen LogP contribution in [0.3, 0.4) is 0 Å². The van der Waals surface area contributed by atoms with Gasteiger partial charge in [-0.25, -0.2) is 4.98 Å². The number of piperazine rings is 1. The molecule has 0 radical (unpaired) electrons. The second-order valence-corrected chi connectivity index (χ2v) is 10.8. The van der Waals surface area contributed by atoms with Crippen LogP contribution in [-0.4, -0.2) is 60.0 Å².